The summed E-state index contributed by atoms with van der Waals surface area (Å²) >= 11 is 0. The molecule has 2 amide bonds. The quantitative estimate of drug-likeness (QED) is 0.473. The molecule has 7 heteroatoms. The maximum absolute atomic E-state index is 13.6. The number of likely N-dealkylation sites (tertiary alicyclic amines) is 1. The number of carbonyl (C=O) groups is 2. The summed E-state index contributed by atoms with van der Waals surface area (Å²) in [5.74, 6) is 0.0149. The molecule has 0 aliphatic carbocycles. The van der Waals surface area contributed by atoms with E-state index in [1.54, 1.807) is 0 Å². The van der Waals surface area contributed by atoms with Crippen LogP contribution in [0, 0.1) is 0 Å². The number of piperidine rings is 1. The SMILES string of the molecule is C=CC1(c2ccccc2CC)CCN(C(=O)CNC(C(=O)N2CCN(CCO)CC2)c2ccccc2)CC1. The van der Waals surface area contributed by atoms with E-state index in [0.29, 0.717) is 32.7 Å². The number of hydrogen-bond donors (Lipinski definition) is 2. The first-order valence-corrected chi connectivity index (χ1v) is 13.9. The van der Waals surface area contributed by atoms with Crippen molar-refractivity contribution in [3.05, 3.63) is 83.9 Å². The Labute approximate surface area is 227 Å². The third-order valence-electron chi connectivity index (χ3n) is 8.27. The molecule has 0 aromatic heterocycles. The van der Waals surface area contributed by atoms with E-state index in [-0.39, 0.29) is 30.4 Å². The number of piperazine rings is 1. The molecule has 0 saturated carbocycles. The van der Waals surface area contributed by atoms with Crippen molar-refractivity contribution >= 4 is 11.8 Å². The van der Waals surface area contributed by atoms with Gasteiger partial charge >= 0.3 is 0 Å². The van der Waals surface area contributed by atoms with Gasteiger partial charge < -0.3 is 14.9 Å². The molecule has 0 radical (unpaired) electrons. The molecular weight excluding hydrogens is 476 g/mol. The lowest BCUT2D eigenvalue weighted by Gasteiger charge is -2.41. The van der Waals surface area contributed by atoms with Crippen molar-refractivity contribution in [3.63, 3.8) is 0 Å². The molecule has 38 heavy (non-hydrogen) atoms. The lowest BCUT2D eigenvalue weighted by Crippen LogP contribution is -2.53. The number of carbonyl (C=O) groups excluding carboxylic acids is 2. The Morgan fingerprint density at radius 1 is 0.974 bits per heavy atom. The Balaban J connectivity index is 1.38. The number of benzene rings is 2. The van der Waals surface area contributed by atoms with Crippen molar-refractivity contribution in [1.82, 2.24) is 20.0 Å². The van der Waals surface area contributed by atoms with Crippen LogP contribution in [0.4, 0.5) is 0 Å². The molecule has 2 aliphatic rings. The van der Waals surface area contributed by atoms with Crippen LogP contribution in [0.3, 0.4) is 0 Å². The van der Waals surface area contributed by atoms with E-state index in [1.807, 2.05) is 40.1 Å². The second-order valence-electron chi connectivity index (χ2n) is 10.4. The molecule has 2 aliphatic heterocycles. The van der Waals surface area contributed by atoms with Crippen LogP contribution in [0.15, 0.2) is 67.3 Å². The number of nitrogens with one attached hydrogen (secondary N) is 1. The Hall–Kier alpha value is -3.00. The fourth-order valence-electron chi connectivity index (χ4n) is 5.86. The standard InChI is InChI=1S/C31H42N4O3/c1-3-25-10-8-9-13-27(25)31(4-2)14-16-34(17-15-31)28(37)24-32-29(26-11-6-5-7-12-26)30(38)35-20-18-33(19-21-35)22-23-36/h4-13,29,32,36H,2-3,14-24H2,1H3. The van der Waals surface area contributed by atoms with Gasteiger partial charge in [-0.25, -0.2) is 0 Å². The monoisotopic (exact) mass is 518 g/mol. The molecule has 1 unspecified atom stereocenters. The van der Waals surface area contributed by atoms with Crippen molar-refractivity contribution in [2.24, 2.45) is 0 Å². The van der Waals surface area contributed by atoms with E-state index in [2.05, 4.69) is 54.1 Å². The largest absolute Gasteiger partial charge is 0.395 e. The summed E-state index contributed by atoms with van der Waals surface area (Å²) in [7, 11) is 0. The van der Waals surface area contributed by atoms with Crippen LogP contribution in [0.25, 0.3) is 0 Å². The Bertz CT molecular complexity index is 1070. The number of allylic oxidation sites excluding steroid dienone is 1. The van der Waals surface area contributed by atoms with Gasteiger partial charge in [-0.3, -0.25) is 19.8 Å². The Morgan fingerprint density at radius 3 is 2.26 bits per heavy atom. The lowest BCUT2D eigenvalue weighted by molar-refractivity contribution is -0.136. The van der Waals surface area contributed by atoms with Crippen LogP contribution in [-0.4, -0.2) is 90.6 Å². The van der Waals surface area contributed by atoms with Crippen LogP contribution >= 0.6 is 0 Å². The third kappa shape index (κ3) is 6.34. The number of aliphatic hydroxyl groups is 1. The van der Waals surface area contributed by atoms with Gasteiger partial charge in [0, 0.05) is 51.2 Å². The van der Waals surface area contributed by atoms with Gasteiger partial charge in [0.15, 0.2) is 0 Å². The number of nitrogens with zero attached hydrogens (tertiary/aromatic N) is 3. The third-order valence-corrected chi connectivity index (χ3v) is 8.27. The minimum Gasteiger partial charge on any atom is -0.395 e. The van der Waals surface area contributed by atoms with E-state index in [0.717, 1.165) is 37.9 Å². The van der Waals surface area contributed by atoms with Gasteiger partial charge in [0.2, 0.25) is 11.8 Å². The highest BCUT2D eigenvalue weighted by Crippen LogP contribution is 2.38. The van der Waals surface area contributed by atoms with Gasteiger partial charge in [-0.2, -0.15) is 0 Å². The van der Waals surface area contributed by atoms with Crippen molar-refractivity contribution in [2.45, 2.75) is 37.6 Å². The zero-order chi connectivity index (χ0) is 27.0. The minimum absolute atomic E-state index is 0.00635. The normalized spacial score (nSPS) is 18.7. The molecular formula is C31H42N4O3. The predicted octanol–water partition coefficient (Wildman–Crippen LogP) is 2.76. The molecule has 2 saturated heterocycles. The van der Waals surface area contributed by atoms with Gasteiger partial charge in [-0.15, -0.1) is 6.58 Å². The minimum atomic E-state index is -0.571. The topological polar surface area (TPSA) is 76.1 Å². The highest BCUT2D eigenvalue weighted by atomic mass is 16.3. The van der Waals surface area contributed by atoms with Crippen molar-refractivity contribution in [2.75, 3.05) is 59.0 Å². The smallest absolute Gasteiger partial charge is 0.244 e. The van der Waals surface area contributed by atoms with Crippen molar-refractivity contribution in [1.29, 1.82) is 0 Å². The number of hydrogen-bond acceptors (Lipinski definition) is 5. The molecule has 7 nitrogen and oxygen atoms in total. The van der Waals surface area contributed by atoms with Gasteiger partial charge in [-0.05, 0) is 36.0 Å². The number of aryl methyl sites for hydroxylation is 1. The fourth-order valence-corrected chi connectivity index (χ4v) is 5.86. The fraction of sp³-hybridized carbons (Fsp3) is 0.484. The van der Waals surface area contributed by atoms with Gasteiger partial charge in [0.1, 0.15) is 6.04 Å². The summed E-state index contributed by atoms with van der Waals surface area (Å²) < 4.78 is 0. The van der Waals surface area contributed by atoms with Crippen LogP contribution < -0.4 is 5.32 Å². The number of rotatable bonds is 10. The van der Waals surface area contributed by atoms with Crippen LogP contribution in [0.1, 0.15) is 42.5 Å². The Morgan fingerprint density at radius 2 is 1.63 bits per heavy atom. The Kier molecular flexibility index (Phi) is 9.72. The summed E-state index contributed by atoms with van der Waals surface area (Å²) in [6, 6.07) is 17.7. The maximum atomic E-state index is 13.6. The van der Waals surface area contributed by atoms with Crippen LogP contribution in [-0.2, 0) is 21.4 Å². The average Bonchev–Trinajstić information content (AvgIpc) is 2.98. The summed E-state index contributed by atoms with van der Waals surface area (Å²) in [5, 5.41) is 12.5. The molecule has 0 bridgehead atoms. The highest BCUT2D eigenvalue weighted by molar-refractivity contribution is 5.85. The van der Waals surface area contributed by atoms with Crippen LogP contribution in [0.2, 0.25) is 0 Å². The molecule has 2 aromatic carbocycles. The maximum Gasteiger partial charge on any atom is 0.244 e. The number of β-amino-alcohol motifs (C(OH)–C–C–N with tert-alkyl or cyclic N) is 1. The van der Waals surface area contributed by atoms with Crippen molar-refractivity contribution in [3.8, 4) is 0 Å². The zero-order valence-electron chi connectivity index (χ0n) is 22.6. The first kappa shape index (κ1) is 28.0. The summed E-state index contributed by atoms with van der Waals surface area (Å²) in [6.45, 7) is 11.3. The van der Waals surface area contributed by atoms with E-state index < -0.39 is 6.04 Å². The molecule has 4 rings (SSSR count). The first-order valence-electron chi connectivity index (χ1n) is 13.9. The zero-order valence-corrected chi connectivity index (χ0v) is 22.6. The number of aliphatic hydroxyl groups excluding tert-OH is 1. The molecule has 2 aromatic rings. The molecule has 2 fully saturated rings. The van der Waals surface area contributed by atoms with Gasteiger partial charge in [0.25, 0.3) is 0 Å². The summed E-state index contributed by atoms with van der Waals surface area (Å²) in [5.41, 5.74) is 3.42. The molecule has 0 spiro atoms. The summed E-state index contributed by atoms with van der Waals surface area (Å²) in [4.78, 5) is 32.8. The van der Waals surface area contributed by atoms with E-state index in [1.165, 1.54) is 11.1 Å². The van der Waals surface area contributed by atoms with Crippen molar-refractivity contribution < 1.29 is 14.7 Å². The second kappa shape index (κ2) is 13.2. The highest BCUT2D eigenvalue weighted by Gasteiger charge is 2.36. The summed E-state index contributed by atoms with van der Waals surface area (Å²) in [6.07, 6.45) is 4.74. The molecule has 2 heterocycles. The number of amides is 2. The average molecular weight is 519 g/mol. The molecule has 1 atom stereocenters. The van der Waals surface area contributed by atoms with E-state index in [4.69, 9.17) is 0 Å². The predicted molar refractivity (Wildman–Crippen MR) is 151 cm³/mol. The van der Waals surface area contributed by atoms with Gasteiger partial charge in [0.05, 0.1) is 13.2 Å². The first-order chi connectivity index (χ1) is 18.5. The van der Waals surface area contributed by atoms with Gasteiger partial charge in [-0.1, -0.05) is 67.6 Å². The van der Waals surface area contributed by atoms with E-state index in [9.17, 15) is 14.7 Å². The second-order valence-corrected chi connectivity index (χ2v) is 10.4. The van der Waals surface area contributed by atoms with Crippen LogP contribution in [0.5, 0.6) is 0 Å². The lowest BCUT2D eigenvalue weighted by atomic mass is 9.71. The molecule has 204 valence electrons. The van der Waals surface area contributed by atoms with E-state index >= 15 is 0 Å². The molecule has 2 N–H and O–H groups in total.